The van der Waals surface area contributed by atoms with E-state index < -0.39 is 33.9 Å². The molecule has 0 saturated carbocycles. The van der Waals surface area contributed by atoms with E-state index in [0.717, 1.165) is 37.6 Å². The molecule has 1 aliphatic heterocycles. The lowest BCUT2D eigenvalue weighted by Crippen LogP contribution is -2.46. The van der Waals surface area contributed by atoms with E-state index in [1.165, 1.54) is 13.2 Å². The van der Waals surface area contributed by atoms with Crippen LogP contribution >= 0.6 is 0 Å². The summed E-state index contributed by atoms with van der Waals surface area (Å²) in [7, 11) is 2.95. The fraction of sp³-hybridized carbons (Fsp3) is 0.486. The first-order valence-corrected chi connectivity index (χ1v) is 15.0. The minimum Gasteiger partial charge on any atom is -0.507 e. The third-order valence-electron chi connectivity index (χ3n) is 8.25. The van der Waals surface area contributed by atoms with Crippen LogP contribution in [0, 0.1) is 0 Å². The van der Waals surface area contributed by atoms with Gasteiger partial charge in [0.1, 0.15) is 17.3 Å². The van der Waals surface area contributed by atoms with Crippen LogP contribution in [0.2, 0.25) is 0 Å². The molecule has 2 N–H and O–H groups in total. The number of hydrogen-bond donors (Lipinski definition) is 2. The van der Waals surface area contributed by atoms with Crippen molar-refractivity contribution in [1.82, 2.24) is 4.90 Å². The third-order valence-corrected chi connectivity index (χ3v) is 8.25. The first kappa shape index (κ1) is 32.9. The summed E-state index contributed by atoms with van der Waals surface area (Å²) in [6, 6.07) is 13.0. The summed E-state index contributed by atoms with van der Waals surface area (Å²) in [5, 5.41) is 22.3. The number of ether oxygens (including phenoxy) is 2. The second-order valence-corrected chi connectivity index (χ2v) is 13.5. The zero-order valence-corrected chi connectivity index (χ0v) is 27.2. The van der Waals surface area contributed by atoms with E-state index in [4.69, 9.17) is 13.9 Å². The van der Waals surface area contributed by atoms with Gasteiger partial charge in [0.05, 0.1) is 33.1 Å². The van der Waals surface area contributed by atoms with Crippen LogP contribution in [0.5, 0.6) is 17.2 Å². The van der Waals surface area contributed by atoms with Gasteiger partial charge in [-0.1, -0.05) is 53.7 Å². The average Bonchev–Trinajstić information content (AvgIpc) is 2.97. The highest BCUT2D eigenvalue weighted by Crippen LogP contribution is 2.43. The molecule has 2 aromatic carbocycles. The van der Waals surface area contributed by atoms with E-state index in [-0.39, 0.29) is 17.9 Å². The highest BCUT2D eigenvalue weighted by Gasteiger charge is 2.32. The molecule has 1 atom stereocenters. The van der Waals surface area contributed by atoms with Gasteiger partial charge in [-0.05, 0) is 51.8 Å². The quantitative estimate of drug-likeness (QED) is 0.313. The molecule has 1 aliphatic rings. The van der Waals surface area contributed by atoms with Crippen molar-refractivity contribution in [2.45, 2.75) is 71.3 Å². The van der Waals surface area contributed by atoms with Crippen molar-refractivity contribution < 1.29 is 28.9 Å². The number of methoxy groups -OCH3 is 2. The van der Waals surface area contributed by atoms with Crippen molar-refractivity contribution in [3.63, 3.8) is 0 Å². The van der Waals surface area contributed by atoms with Gasteiger partial charge in [-0.25, -0.2) is 0 Å². The number of phenols is 1. The van der Waals surface area contributed by atoms with Crippen LogP contribution in [0.15, 0.2) is 51.7 Å². The number of aromatic hydroxyl groups is 2. The number of nitrogens with zero attached hydrogens (tertiary/aromatic N) is 2. The van der Waals surface area contributed by atoms with Crippen molar-refractivity contribution in [3.8, 4) is 17.2 Å². The summed E-state index contributed by atoms with van der Waals surface area (Å²) in [5.74, 6) is -0.438. The van der Waals surface area contributed by atoms with E-state index in [1.54, 1.807) is 7.11 Å². The van der Waals surface area contributed by atoms with Crippen molar-refractivity contribution in [3.05, 3.63) is 80.9 Å². The van der Waals surface area contributed by atoms with Gasteiger partial charge >= 0.3 is 5.97 Å². The number of rotatable bonds is 8. The number of piperazine rings is 1. The number of phenolic OH excluding ortho intramolecular Hbond substituents is 1. The lowest BCUT2D eigenvalue weighted by atomic mass is 9.76. The normalized spacial score (nSPS) is 15.2. The van der Waals surface area contributed by atoms with Crippen LogP contribution in [0.1, 0.15) is 82.1 Å². The molecular formula is C35H46N2O7. The zero-order chi connectivity index (χ0) is 32.4. The molecule has 0 amide bonds. The van der Waals surface area contributed by atoms with Gasteiger partial charge in [-0.2, -0.15) is 0 Å². The molecule has 1 saturated heterocycles. The number of carbonyl (C=O) groups excluding carboxylic acids is 1. The zero-order valence-electron chi connectivity index (χ0n) is 27.2. The van der Waals surface area contributed by atoms with Crippen molar-refractivity contribution in [1.29, 1.82) is 0 Å². The Morgan fingerprint density at radius 2 is 1.45 bits per heavy atom. The highest BCUT2D eigenvalue weighted by molar-refractivity contribution is 5.71. The van der Waals surface area contributed by atoms with Gasteiger partial charge in [0.25, 0.3) is 0 Å². The summed E-state index contributed by atoms with van der Waals surface area (Å²) in [6.45, 7) is 15.5. The van der Waals surface area contributed by atoms with Gasteiger partial charge in [0.2, 0.25) is 11.2 Å². The van der Waals surface area contributed by atoms with Crippen LogP contribution in [-0.4, -0.2) is 61.5 Å². The lowest BCUT2D eigenvalue weighted by molar-refractivity contribution is -0.140. The van der Waals surface area contributed by atoms with Crippen LogP contribution < -0.4 is 15.1 Å². The first-order valence-electron chi connectivity index (χ1n) is 15.0. The highest BCUT2D eigenvalue weighted by atomic mass is 16.5. The maximum Gasteiger partial charge on any atom is 0.306 e. The molecule has 2 heterocycles. The Balaban J connectivity index is 1.68. The van der Waals surface area contributed by atoms with Crippen molar-refractivity contribution in [2.75, 3.05) is 45.3 Å². The molecule has 0 bridgehead atoms. The molecule has 9 nitrogen and oxygen atoms in total. The molecule has 0 unspecified atom stereocenters. The van der Waals surface area contributed by atoms with E-state index in [1.807, 2.05) is 77.9 Å². The molecule has 0 spiro atoms. The Kier molecular flexibility index (Phi) is 9.68. The second kappa shape index (κ2) is 12.9. The van der Waals surface area contributed by atoms with Crippen LogP contribution in [0.25, 0.3) is 0 Å². The number of anilines is 1. The van der Waals surface area contributed by atoms with E-state index >= 15 is 0 Å². The smallest absolute Gasteiger partial charge is 0.306 e. The van der Waals surface area contributed by atoms with Gasteiger partial charge in [0.15, 0.2) is 5.76 Å². The summed E-state index contributed by atoms with van der Waals surface area (Å²) in [5.41, 5.74) is 1.74. The van der Waals surface area contributed by atoms with Crippen LogP contribution in [0.4, 0.5) is 5.69 Å². The van der Waals surface area contributed by atoms with Crippen molar-refractivity contribution >= 4 is 11.7 Å². The third kappa shape index (κ3) is 7.38. The van der Waals surface area contributed by atoms with E-state index in [9.17, 15) is 19.8 Å². The topological polar surface area (TPSA) is 113 Å². The summed E-state index contributed by atoms with van der Waals surface area (Å²) >= 11 is 0. The summed E-state index contributed by atoms with van der Waals surface area (Å²) in [4.78, 5) is 30.3. The van der Waals surface area contributed by atoms with Crippen LogP contribution in [-0.2, 0) is 26.9 Å². The predicted octanol–water partition coefficient (Wildman–Crippen LogP) is 5.67. The van der Waals surface area contributed by atoms with Gasteiger partial charge < -0.3 is 29.0 Å². The van der Waals surface area contributed by atoms with Gasteiger partial charge in [0, 0.05) is 37.9 Å². The minimum absolute atomic E-state index is 0.0141. The largest absolute Gasteiger partial charge is 0.507 e. The maximum atomic E-state index is 13.1. The number of hydrogen-bond acceptors (Lipinski definition) is 9. The molecule has 9 heteroatoms. The monoisotopic (exact) mass is 606 g/mol. The molecule has 1 aromatic heterocycles. The fourth-order valence-electron chi connectivity index (χ4n) is 5.66. The molecule has 1 fully saturated rings. The molecule has 4 rings (SSSR count). The van der Waals surface area contributed by atoms with Crippen LogP contribution in [0.3, 0.4) is 0 Å². The Bertz CT molecular complexity index is 1490. The molecule has 0 aliphatic carbocycles. The molecule has 44 heavy (non-hydrogen) atoms. The summed E-state index contributed by atoms with van der Waals surface area (Å²) < 4.78 is 16.6. The van der Waals surface area contributed by atoms with Gasteiger partial charge in [-0.3, -0.25) is 14.5 Å². The standard InChI is InChI=1S/C35H46N2O7/c1-34(2,3)27-17-22(18-28(31(27)40)35(4,5)6)26(20-30(39)43-8)33-32(41)29(38)19-25(44-33)21-36-13-15-37(16-14-36)23-9-11-24(42-7)12-10-23/h9-12,17-19,26,40-41H,13-16,20-21H2,1-8H3/t26-/m1/s1. The van der Waals surface area contributed by atoms with E-state index in [2.05, 4.69) is 9.80 Å². The summed E-state index contributed by atoms with van der Waals surface area (Å²) in [6.07, 6.45) is -0.158. The second-order valence-electron chi connectivity index (χ2n) is 13.5. The fourth-order valence-corrected chi connectivity index (χ4v) is 5.66. The number of benzene rings is 2. The molecule has 0 radical (unpaired) electrons. The Labute approximate surface area is 260 Å². The molecular weight excluding hydrogens is 560 g/mol. The van der Waals surface area contributed by atoms with E-state index in [0.29, 0.717) is 29.0 Å². The Morgan fingerprint density at radius 1 is 0.886 bits per heavy atom. The average molecular weight is 607 g/mol. The number of esters is 1. The molecule has 238 valence electrons. The number of carbonyl (C=O) groups is 1. The molecule has 3 aromatic rings. The Hall–Kier alpha value is -3.98. The lowest BCUT2D eigenvalue weighted by Gasteiger charge is -2.36. The minimum atomic E-state index is -0.815. The maximum absolute atomic E-state index is 13.1. The first-order chi connectivity index (χ1) is 20.6. The Morgan fingerprint density at radius 3 is 1.95 bits per heavy atom. The van der Waals surface area contributed by atoms with Gasteiger partial charge in [-0.15, -0.1) is 0 Å². The van der Waals surface area contributed by atoms with Crippen molar-refractivity contribution in [2.24, 2.45) is 0 Å². The SMILES string of the molecule is COC(=O)C[C@H](c1cc(C(C)(C)C)c(O)c(C(C)(C)C)c1)c1oc(CN2CCN(c3ccc(OC)cc3)CC2)cc(=O)c1O. The predicted molar refractivity (Wildman–Crippen MR) is 171 cm³/mol.